The van der Waals surface area contributed by atoms with E-state index in [1.807, 2.05) is 25.3 Å². The smallest absolute Gasteiger partial charge is 0.243 e. The third kappa shape index (κ3) is 6.26. The maximum absolute atomic E-state index is 12.8. The Balaban J connectivity index is 1.57. The normalized spacial score (nSPS) is 15.9. The van der Waals surface area contributed by atoms with Crippen LogP contribution >= 0.6 is 11.3 Å². The van der Waals surface area contributed by atoms with Crippen molar-refractivity contribution in [1.82, 2.24) is 19.9 Å². The Morgan fingerprint density at radius 3 is 2.53 bits per heavy atom. The minimum atomic E-state index is -3.39. The molecule has 2 N–H and O–H groups in total. The van der Waals surface area contributed by atoms with E-state index in [-0.39, 0.29) is 0 Å². The Morgan fingerprint density at radius 2 is 1.90 bits per heavy atom. The van der Waals surface area contributed by atoms with E-state index in [0.29, 0.717) is 24.5 Å². The van der Waals surface area contributed by atoms with Gasteiger partial charge in [-0.25, -0.2) is 18.4 Å². The highest BCUT2D eigenvalue weighted by atomic mass is 32.2. The largest absolute Gasteiger partial charge is 0.357 e. The topological polar surface area (TPSA) is 86.7 Å². The first kappa shape index (κ1) is 22.7. The van der Waals surface area contributed by atoms with Crippen LogP contribution in [0.25, 0.3) is 0 Å². The first-order valence-electron chi connectivity index (χ1n) is 10.5. The Kier molecular flexibility index (Phi) is 8.24. The molecule has 7 nitrogen and oxygen atoms in total. The highest BCUT2D eigenvalue weighted by Crippen LogP contribution is 2.21. The molecule has 0 spiro atoms. The number of hydrogen-bond acceptors (Lipinski definition) is 5. The molecule has 2 heterocycles. The molecule has 1 aliphatic rings. The number of piperidine rings is 1. The molecule has 3 rings (SSSR count). The summed E-state index contributed by atoms with van der Waals surface area (Å²) in [4.78, 5) is 10.6. The zero-order chi connectivity index (χ0) is 21.4. The summed E-state index contributed by atoms with van der Waals surface area (Å²) in [5.74, 6) is 0.746. The summed E-state index contributed by atoms with van der Waals surface area (Å²) >= 11 is 1.71. The monoisotopic (exact) mass is 449 g/mol. The molecule has 9 heteroatoms. The van der Waals surface area contributed by atoms with Gasteiger partial charge in [0.25, 0.3) is 0 Å². The summed E-state index contributed by atoms with van der Waals surface area (Å²) in [7, 11) is -3.39. The lowest BCUT2D eigenvalue weighted by Crippen LogP contribution is -2.38. The van der Waals surface area contributed by atoms with E-state index < -0.39 is 10.0 Å². The van der Waals surface area contributed by atoms with Crippen molar-refractivity contribution in [2.45, 2.75) is 51.0 Å². The van der Waals surface area contributed by atoms with Gasteiger partial charge >= 0.3 is 0 Å². The summed E-state index contributed by atoms with van der Waals surface area (Å²) in [6.45, 7) is 7.33. The van der Waals surface area contributed by atoms with Gasteiger partial charge in [-0.3, -0.25) is 0 Å². The van der Waals surface area contributed by atoms with Crippen molar-refractivity contribution in [3.63, 3.8) is 0 Å². The van der Waals surface area contributed by atoms with Crippen molar-refractivity contribution < 1.29 is 8.42 Å². The number of thiazole rings is 1. The summed E-state index contributed by atoms with van der Waals surface area (Å²) in [6, 6.07) is 7.09. The van der Waals surface area contributed by atoms with Gasteiger partial charge in [-0.05, 0) is 44.4 Å². The van der Waals surface area contributed by atoms with Gasteiger partial charge in [0.15, 0.2) is 5.96 Å². The fraction of sp³-hybridized carbons (Fsp3) is 0.524. The molecule has 164 valence electrons. The van der Waals surface area contributed by atoms with Crippen molar-refractivity contribution in [2.24, 2.45) is 4.99 Å². The number of nitrogens with zero attached hydrogens (tertiary/aromatic N) is 3. The average Bonchev–Trinajstić information content (AvgIpc) is 3.18. The minimum absolute atomic E-state index is 0.362. The van der Waals surface area contributed by atoms with Crippen LogP contribution in [-0.2, 0) is 23.0 Å². The zero-order valence-corrected chi connectivity index (χ0v) is 19.4. The number of benzene rings is 1. The standard InChI is InChI=1S/C21H31N5O2S2/c1-3-22-21(23-12-11-20-24-15-17(2)29-20)25-16-18-7-9-19(10-8-18)30(27,28)26-13-5-4-6-14-26/h7-10,15H,3-6,11-14,16H2,1-2H3,(H2,22,23,25). The first-order chi connectivity index (χ1) is 14.5. The van der Waals surface area contributed by atoms with Crippen molar-refractivity contribution in [3.05, 3.63) is 45.9 Å². The van der Waals surface area contributed by atoms with Gasteiger partial charge in [0, 0.05) is 43.7 Å². The highest BCUT2D eigenvalue weighted by Gasteiger charge is 2.25. The third-order valence-corrected chi connectivity index (χ3v) is 7.83. The molecule has 2 aromatic rings. The maximum Gasteiger partial charge on any atom is 0.243 e. The zero-order valence-electron chi connectivity index (χ0n) is 17.7. The van der Waals surface area contributed by atoms with Gasteiger partial charge in [0.2, 0.25) is 10.0 Å². The second kappa shape index (κ2) is 10.9. The second-order valence-corrected chi connectivity index (χ2v) is 10.6. The molecule has 0 saturated carbocycles. The lowest BCUT2D eigenvalue weighted by atomic mass is 10.2. The van der Waals surface area contributed by atoms with Gasteiger partial charge in [-0.2, -0.15) is 4.31 Å². The van der Waals surface area contributed by atoms with Crippen LogP contribution < -0.4 is 10.6 Å². The van der Waals surface area contributed by atoms with Gasteiger partial charge in [-0.15, -0.1) is 11.3 Å². The molecule has 0 unspecified atom stereocenters. The summed E-state index contributed by atoms with van der Waals surface area (Å²) < 4.78 is 27.1. The number of aliphatic imine (C=N–C) groups is 1. The van der Waals surface area contributed by atoms with Crippen LogP contribution in [0.1, 0.15) is 41.6 Å². The number of aryl methyl sites for hydroxylation is 1. The number of guanidine groups is 1. The van der Waals surface area contributed by atoms with Crippen molar-refractivity contribution in [1.29, 1.82) is 0 Å². The average molecular weight is 450 g/mol. The quantitative estimate of drug-likeness (QED) is 0.478. The van der Waals surface area contributed by atoms with E-state index in [1.54, 1.807) is 27.8 Å². The van der Waals surface area contributed by atoms with E-state index in [9.17, 15) is 8.42 Å². The van der Waals surface area contributed by atoms with E-state index >= 15 is 0 Å². The molecule has 1 aromatic carbocycles. The lowest BCUT2D eigenvalue weighted by molar-refractivity contribution is 0.346. The van der Waals surface area contributed by atoms with E-state index in [2.05, 4.69) is 27.5 Å². The summed E-state index contributed by atoms with van der Waals surface area (Å²) in [5, 5.41) is 7.68. The van der Waals surface area contributed by atoms with Gasteiger partial charge in [0.05, 0.1) is 16.4 Å². The Morgan fingerprint density at radius 1 is 1.17 bits per heavy atom. The highest BCUT2D eigenvalue weighted by molar-refractivity contribution is 7.89. The van der Waals surface area contributed by atoms with Crippen LogP contribution in [0.2, 0.25) is 0 Å². The molecule has 1 aliphatic heterocycles. The predicted molar refractivity (Wildman–Crippen MR) is 122 cm³/mol. The molecular weight excluding hydrogens is 418 g/mol. The number of rotatable bonds is 8. The van der Waals surface area contributed by atoms with E-state index in [4.69, 9.17) is 0 Å². The molecule has 1 saturated heterocycles. The molecular formula is C21H31N5O2S2. The van der Waals surface area contributed by atoms with Gasteiger partial charge in [-0.1, -0.05) is 18.6 Å². The lowest BCUT2D eigenvalue weighted by Gasteiger charge is -2.25. The molecule has 1 aromatic heterocycles. The Bertz CT molecular complexity index is 933. The number of nitrogens with one attached hydrogen (secondary N) is 2. The van der Waals surface area contributed by atoms with E-state index in [0.717, 1.165) is 55.3 Å². The maximum atomic E-state index is 12.8. The van der Waals surface area contributed by atoms with Crippen molar-refractivity contribution >= 4 is 27.3 Å². The third-order valence-electron chi connectivity index (χ3n) is 4.94. The van der Waals surface area contributed by atoms with Crippen molar-refractivity contribution in [2.75, 3.05) is 26.2 Å². The summed E-state index contributed by atoms with van der Waals surface area (Å²) in [6.07, 6.45) is 5.73. The molecule has 0 radical (unpaired) electrons. The second-order valence-electron chi connectivity index (χ2n) is 7.35. The summed E-state index contributed by atoms with van der Waals surface area (Å²) in [5.41, 5.74) is 0.973. The van der Waals surface area contributed by atoms with Crippen LogP contribution in [0.15, 0.2) is 40.4 Å². The molecule has 30 heavy (non-hydrogen) atoms. The first-order valence-corrected chi connectivity index (χ1v) is 12.8. The van der Waals surface area contributed by atoms with Crippen LogP contribution in [0.3, 0.4) is 0 Å². The minimum Gasteiger partial charge on any atom is -0.357 e. The van der Waals surface area contributed by atoms with Gasteiger partial charge < -0.3 is 10.6 Å². The van der Waals surface area contributed by atoms with Crippen LogP contribution in [0, 0.1) is 6.92 Å². The fourth-order valence-electron chi connectivity index (χ4n) is 3.34. The SMILES string of the molecule is CCNC(=NCc1ccc(S(=O)(=O)N2CCCCC2)cc1)NCCc1ncc(C)s1. The fourth-order valence-corrected chi connectivity index (χ4v) is 5.64. The van der Waals surface area contributed by atoms with Crippen LogP contribution in [-0.4, -0.2) is 49.8 Å². The Hall–Kier alpha value is -1.97. The molecule has 0 aliphatic carbocycles. The molecule has 1 fully saturated rings. The Labute approximate surface area is 183 Å². The van der Waals surface area contributed by atoms with Crippen LogP contribution in [0.5, 0.6) is 0 Å². The van der Waals surface area contributed by atoms with Crippen LogP contribution in [0.4, 0.5) is 0 Å². The molecule has 0 amide bonds. The number of sulfonamides is 1. The van der Waals surface area contributed by atoms with Gasteiger partial charge in [0.1, 0.15) is 0 Å². The number of hydrogen-bond donors (Lipinski definition) is 2. The number of aromatic nitrogens is 1. The van der Waals surface area contributed by atoms with Crippen molar-refractivity contribution in [3.8, 4) is 0 Å². The predicted octanol–water partition coefficient (Wildman–Crippen LogP) is 2.92. The molecule has 0 atom stereocenters. The van der Waals surface area contributed by atoms with E-state index in [1.165, 1.54) is 4.88 Å². The molecule has 0 bridgehead atoms.